The molecule has 0 amide bonds. The molecule has 226 valence electrons. The molecular formula is C44H50. The predicted octanol–water partition coefficient (Wildman–Crippen LogP) is 12.5. The van der Waals surface area contributed by atoms with Crippen LogP contribution >= 0.6 is 0 Å². The third-order valence-electron chi connectivity index (χ3n) is 13.4. The minimum absolute atomic E-state index is 0.920. The second-order valence-electron chi connectivity index (χ2n) is 15.7. The molecule has 6 aliphatic rings. The molecule has 0 heteroatoms. The summed E-state index contributed by atoms with van der Waals surface area (Å²) in [6.07, 6.45) is 23.4. The van der Waals surface area contributed by atoms with E-state index in [1.54, 1.807) is 28.7 Å². The molecule has 0 aromatic heterocycles. The standard InChI is InChI=1S/C44H50/c1-2-10-31(11-3-1)38-24-25-41-43-33-21-19-30-9-5-13-35(27-30)37-15-6-14-36(28-37)34-12-4-8-29(26-34)18-20-32(22-23-33)42(43)40-17-7-16-39(38)44(40)41/h1-3,7,10-11,16-17,22-25,29-30,34-37H,4-6,8-9,12-15,18-21,26-28H2. The summed E-state index contributed by atoms with van der Waals surface area (Å²) in [5, 5.41) is 2.94. The molecule has 3 saturated carbocycles. The van der Waals surface area contributed by atoms with Crippen LogP contribution in [0, 0.1) is 35.5 Å². The van der Waals surface area contributed by atoms with Crippen LogP contribution in [0.3, 0.4) is 0 Å². The SMILES string of the molecule is c1ccc(-c2ccc3c4c(cccc24)-c2c4ccc(c2-3)CCC2CCCC(C2)C2CCCC(C2)C2CCCC(CC4)C2)cc1. The second kappa shape index (κ2) is 11.5. The molecule has 0 saturated heterocycles. The Morgan fingerprint density at radius 1 is 0.409 bits per heavy atom. The summed E-state index contributed by atoms with van der Waals surface area (Å²) >= 11 is 0. The average Bonchev–Trinajstić information content (AvgIpc) is 3.43. The van der Waals surface area contributed by atoms with Crippen LogP contribution in [-0.4, -0.2) is 0 Å². The van der Waals surface area contributed by atoms with Gasteiger partial charge in [0.25, 0.3) is 0 Å². The summed E-state index contributed by atoms with van der Waals surface area (Å²) in [4.78, 5) is 0. The molecule has 0 heterocycles. The van der Waals surface area contributed by atoms with Gasteiger partial charge in [0.1, 0.15) is 0 Å². The number of hydrogen-bond acceptors (Lipinski definition) is 0. The van der Waals surface area contributed by atoms with Crippen LogP contribution in [0.5, 0.6) is 0 Å². The van der Waals surface area contributed by atoms with Crippen molar-refractivity contribution in [3.63, 3.8) is 0 Å². The Morgan fingerprint density at radius 3 is 1.59 bits per heavy atom. The maximum absolute atomic E-state index is 2.58. The first-order valence-electron chi connectivity index (χ1n) is 18.6. The van der Waals surface area contributed by atoms with Gasteiger partial charge >= 0.3 is 0 Å². The highest BCUT2D eigenvalue weighted by molar-refractivity contribution is 6.19. The topological polar surface area (TPSA) is 0 Å². The highest BCUT2D eigenvalue weighted by Crippen LogP contribution is 2.54. The lowest BCUT2D eigenvalue weighted by molar-refractivity contribution is 0.0843. The Balaban J connectivity index is 1.14. The molecule has 0 N–H and O–H groups in total. The second-order valence-corrected chi connectivity index (χ2v) is 15.7. The van der Waals surface area contributed by atoms with E-state index < -0.39 is 0 Å². The maximum Gasteiger partial charge on any atom is -0.00199 e. The zero-order valence-electron chi connectivity index (χ0n) is 26.7. The van der Waals surface area contributed by atoms with E-state index in [4.69, 9.17) is 0 Å². The summed E-state index contributed by atoms with van der Waals surface area (Å²) in [6.45, 7) is 0. The highest BCUT2D eigenvalue weighted by Gasteiger charge is 2.37. The molecule has 0 nitrogen and oxygen atoms in total. The van der Waals surface area contributed by atoms with E-state index in [1.165, 1.54) is 129 Å². The van der Waals surface area contributed by atoms with E-state index in [9.17, 15) is 0 Å². The summed E-state index contributed by atoms with van der Waals surface area (Å²) in [6, 6.07) is 28.3. The fourth-order valence-corrected chi connectivity index (χ4v) is 11.3. The van der Waals surface area contributed by atoms with Crippen LogP contribution in [0.2, 0.25) is 0 Å². The van der Waals surface area contributed by atoms with Gasteiger partial charge < -0.3 is 0 Å². The van der Waals surface area contributed by atoms with E-state index in [-0.39, 0.29) is 0 Å². The van der Waals surface area contributed by atoms with Crippen LogP contribution in [0.4, 0.5) is 0 Å². The van der Waals surface area contributed by atoms with E-state index in [1.807, 2.05) is 0 Å². The van der Waals surface area contributed by atoms with Gasteiger partial charge in [0.15, 0.2) is 0 Å². The normalized spacial score (nSPS) is 29.7. The molecule has 6 unspecified atom stereocenters. The monoisotopic (exact) mass is 578 g/mol. The van der Waals surface area contributed by atoms with Crippen LogP contribution in [-0.2, 0) is 12.8 Å². The van der Waals surface area contributed by atoms with Crippen LogP contribution in [0.15, 0.2) is 72.8 Å². The third kappa shape index (κ3) is 4.78. The van der Waals surface area contributed by atoms with Crippen molar-refractivity contribution in [3.05, 3.63) is 83.9 Å². The van der Waals surface area contributed by atoms with Crippen LogP contribution < -0.4 is 0 Å². The van der Waals surface area contributed by atoms with Gasteiger partial charge in [-0.1, -0.05) is 131 Å². The highest BCUT2D eigenvalue weighted by atomic mass is 14.4. The summed E-state index contributed by atoms with van der Waals surface area (Å²) < 4.78 is 0. The Labute approximate surface area is 265 Å². The van der Waals surface area contributed by atoms with Crippen molar-refractivity contribution in [3.8, 4) is 33.4 Å². The zero-order valence-corrected chi connectivity index (χ0v) is 26.7. The molecule has 3 fully saturated rings. The molecule has 10 rings (SSSR count). The molecular weight excluding hydrogens is 528 g/mol. The predicted molar refractivity (Wildman–Crippen MR) is 187 cm³/mol. The van der Waals surface area contributed by atoms with Crippen molar-refractivity contribution in [1.29, 1.82) is 0 Å². The quantitative estimate of drug-likeness (QED) is 0.186. The van der Waals surface area contributed by atoms with Gasteiger partial charge in [0.05, 0.1) is 0 Å². The van der Waals surface area contributed by atoms with E-state index in [0.29, 0.717) is 0 Å². The first-order chi connectivity index (χ1) is 21.8. The van der Waals surface area contributed by atoms with Gasteiger partial charge in [-0.05, 0) is 136 Å². The lowest BCUT2D eigenvalue weighted by atomic mass is 9.63. The number of hydrogen-bond donors (Lipinski definition) is 0. The minimum Gasteiger partial charge on any atom is -0.0622 e. The molecule has 0 radical (unpaired) electrons. The molecule has 0 spiro atoms. The minimum atomic E-state index is 0.920. The zero-order chi connectivity index (χ0) is 29.0. The van der Waals surface area contributed by atoms with Gasteiger partial charge in [-0.15, -0.1) is 0 Å². The first kappa shape index (κ1) is 27.5. The molecule has 6 atom stereocenters. The number of benzene rings is 4. The largest absolute Gasteiger partial charge is 0.0622 e. The van der Waals surface area contributed by atoms with Gasteiger partial charge in [0, 0.05) is 0 Å². The molecule has 44 heavy (non-hydrogen) atoms. The van der Waals surface area contributed by atoms with Gasteiger partial charge in [-0.3, -0.25) is 0 Å². The van der Waals surface area contributed by atoms with Crippen LogP contribution in [0.25, 0.3) is 44.2 Å². The molecule has 6 aliphatic carbocycles. The lowest BCUT2D eigenvalue weighted by Crippen LogP contribution is -2.32. The van der Waals surface area contributed by atoms with Crippen molar-refractivity contribution in [1.82, 2.24) is 0 Å². The van der Waals surface area contributed by atoms with Crippen molar-refractivity contribution in [2.75, 3.05) is 0 Å². The Morgan fingerprint density at radius 2 is 0.955 bits per heavy atom. The van der Waals surface area contributed by atoms with Crippen molar-refractivity contribution >= 4 is 10.8 Å². The van der Waals surface area contributed by atoms with Gasteiger partial charge in [0.2, 0.25) is 0 Å². The first-order valence-corrected chi connectivity index (χ1v) is 18.6. The Bertz CT molecular complexity index is 1590. The smallest absolute Gasteiger partial charge is 0.00199 e. The maximum atomic E-state index is 2.58. The van der Waals surface area contributed by atoms with E-state index >= 15 is 0 Å². The summed E-state index contributed by atoms with van der Waals surface area (Å²) in [5.41, 5.74) is 12.2. The fourth-order valence-electron chi connectivity index (χ4n) is 11.3. The third-order valence-corrected chi connectivity index (χ3v) is 13.4. The lowest BCUT2D eigenvalue weighted by Gasteiger charge is -2.43. The number of aryl methyl sites for hydroxylation is 2. The van der Waals surface area contributed by atoms with Crippen LogP contribution in [0.1, 0.15) is 101 Å². The van der Waals surface area contributed by atoms with E-state index in [0.717, 1.165) is 35.5 Å². The summed E-state index contributed by atoms with van der Waals surface area (Å²) in [7, 11) is 0. The molecule has 4 aromatic rings. The molecule has 0 aliphatic heterocycles. The average molecular weight is 579 g/mol. The Kier molecular flexibility index (Phi) is 7.17. The fraction of sp³-hybridized carbons (Fsp3) is 0.500. The van der Waals surface area contributed by atoms with Crippen molar-refractivity contribution in [2.45, 2.75) is 103 Å². The summed E-state index contributed by atoms with van der Waals surface area (Å²) in [5.74, 6) is 5.92. The molecule has 8 bridgehead atoms. The Hall–Kier alpha value is -2.86. The molecule has 4 aromatic carbocycles. The number of fused-ring (bicyclic) bond motifs is 3. The van der Waals surface area contributed by atoms with Gasteiger partial charge in [-0.25, -0.2) is 0 Å². The van der Waals surface area contributed by atoms with Crippen molar-refractivity contribution < 1.29 is 0 Å². The van der Waals surface area contributed by atoms with E-state index in [2.05, 4.69) is 72.8 Å². The number of rotatable bonds is 1. The van der Waals surface area contributed by atoms with Crippen molar-refractivity contribution in [2.24, 2.45) is 35.5 Å². The van der Waals surface area contributed by atoms with Gasteiger partial charge in [-0.2, -0.15) is 0 Å².